The van der Waals surface area contributed by atoms with Crippen LogP contribution in [0, 0.1) is 11.3 Å². The molecule has 1 saturated heterocycles. The number of anilines is 1. The van der Waals surface area contributed by atoms with Gasteiger partial charge < -0.3 is 9.80 Å². The van der Waals surface area contributed by atoms with Crippen molar-refractivity contribution in [3.63, 3.8) is 0 Å². The lowest BCUT2D eigenvalue weighted by Gasteiger charge is -2.39. The van der Waals surface area contributed by atoms with Gasteiger partial charge in [-0.15, -0.1) is 0 Å². The molecule has 1 heterocycles. The first kappa shape index (κ1) is 11.5. The number of nitriles is 1. The van der Waals surface area contributed by atoms with Crippen LogP contribution in [0.25, 0.3) is 0 Å². The Balaban J connectivity index is 2.27. The highest BCUT2D eigenvalue weighted by molar-refractivity contribution is 5.86. The molecule has 1 fully saturated rings. The van der Waals surface area contributed by atoms with Gasteiger partial charge in [-0.25, -0.2) is 0 Å². The fraction of sp³-hybridized carbons (Fsp3) is 0.385. The maximum Gasteiger partial charge on any atom is 0.246 e. The number of piperazine rings is 1. The van der Waals surface area contributed by atoms with Crippen molar-refractivity contribution in [3.8, 4) is 6.07 Å². The molecule has 1 aliphatic rings. The SMILES string of the molecule is CN1CCN(c2ccccc2)C(CC#N)C1=O. The third kappa shape index (κ3) is 2.23. The Kier molecular flexibility index (Phi) is 3.29. The molecule has 1 aromatic rings. The van der Waals surface area contributed by atoms with Gasteiger partial charge in [0.15, 0.2) is 0 Å². The summed E-state index contributed by atoms with van der Waals surface area (Å²) in [6.07, 6.45) is 0.234. The molecule has 0 spiro atoms. The molecule has 88 valence electrons. The van der Waals surface area contributed by atoms with E-state index < -0.39 is 0 Å². The number of likely N-dealkylation sites (N-methyl/N-ethyl adjacent to an activating group) is 1. The third-order valence-electron chi connectivity index (χ3n) is 3.09. The van der Waals surface area contributed by atoms with E-state index in [1.54, 1.807) is 11.9 Å². The van der Waals surface area contributed by atoms with Gasteiger partial charge in [0.1, 0.15) is 6.04 Å². The first-order valence-corrected chi connectivity index (χ1v) is 5.67. The molecule has 1 atom stereocenters. The number of hydrogen-bond acceptors (Lipinski definition) is 3. The first-order chi connectivity index (χ1) is 8.24. The fourth-order valence-electron chi connectivity index (χ4n) is 2.12. The predicted molar refractivity (Wildman–Crippen MR) is 65.4 cm³/mol. The Hall–Kier alpha value is -2.02. The number of benzene rings is 1. The van der Waals surface area contributed by atoms with Gasteiger partial charge in [0.05, 0.1) is 12.5 Å². The number of para-hydroxylation sites is 1. The number of amides is 1. The Bertz CT molecular complexity index is 438. The third-order valence-corrected chi connectivity index (χ3v) is 3.09. The molecule has 17 heavy (non-hydrogen) atoms. The van der Waals surface area contributed by atoms with E-state index in [9.17, 15) is 4.79 Å². The minimum absolute atomic E-state index is 0.0293. The van der Waals surface area contributed by atoms with Crippen molar-refractivity contribution in [2.45, 2.75) is 12.5 Å². The summed E-state index contributed by atoms with van der Waals surface area (Å²) in [5.74, 6) is 0.0293. The van der Waals surface area contributed by atoms with E-state index in [0.29, 0.717) is 6.54 Å². The molecule has 1 aliphatic heterocycles. The minimum atomic E-state index is -0.346. The van der Waals surface area contributed by atoms with Gasteiger partial charge in [-0.3, -0.25) is 4.79 Å². The van der Waals surface area contributed by atoms with E-state index in [4.69, 9.17) is 5.26 Å². The molecule has 0 saturated carbocycles. The van der Waals surface area contributed by atoms with E-state index in [1.165, 1.54) is 0 Å². The van der Waals surface area contributed by atoms with E-state index in [2.05, 4.69) is 6.07 Å². The summed E-state index contributed by atoms with van der Waals surface area (Å²) >= 11 is 0. The lowest BCUT2D eigenvalue weighted by molar-refractivity contribution is -0.132. The second kappa shape index (κ2) is 4.88. The van der Waals surface area contributed by atoms with Crippen LogP contribution in [0.3, 0.4) is 0 Å². The molecule has 1 unspecified atom stereocenters. The van der Waals surface area contributed by atoms with Crippen LogP contribution in [0.4, 0.5) is 5.69 Å². The monoisotopic (exact) mass is 229 g/mol. The smallest absolute Gasteiger partial charge is 0.246 e. The van der Waals surface area contributed by atoms with Crippen molar-refractivity contribution in [1.82, 2.24) is 4.90 Å². The number of nitrogens with zero attached hydrogens (tertiary/aromatic N) is 3. The van der Waals surface area contributed by atoms with Crippen LogP contribution >= 0.6 is 0 Å². The number of carbonyl (C=O) groups excluding carboxylic acids is 1. The van der Waals surface area contributed by atoms with Crippen LogP contribution < -0.4 is 4.90 Å². The maximum absolute atomic E-state index is 12.0. The quantitative estimate of drug-likeness (QED) is 0.766. The van der Waals surface area contributed by atoms with Gasteiger partial charge in [-0.2, -0.15) is 5.26 Å². The molecule has 0 N–H and O–H groups in total. The molecule has 0 aliphatic carbocycles. The Morgan fingerprint density at radius 3 is 2.71 bits per heavy atom. The summed E-state index contributed by atoms with van der Waals surface area (Å²) in [4.78, 5) is 15.7. The zero-order valence-corrected chi connectivity index (χ0v) is 9.84. The molecule has 0 bridgehead atoms. The van der Waals surface area contributed by atoms with Crippen LogP contribution in [0.1, 0.15) is 6.42 Å². The second-order valence-corrected chi connectivity index (χ2v) is 4.17. The lowest BCUT2D eigenvalue weighted by atomic mass is 10.1. The summed E-state index contributed by atoms with van der Waals surface area (Å²) in [6, 6.07) is 11.5. The number of hydrogen-bond donors (Lipinski definition) is 0. The van der Waals surface area contributed by atoms with Crippen LogP contribution in [0.15, 0.2) is 30.3 Å². The van der Waals surface area contributed by atoms with E-state index in [-0.39, 0.29) is 18.4 Å². The van der Waals surface area contributed by atoms with Crippen molar-refractivity contribution in [2.24, 2.45) is 0 Å². The molecule has 1 amide bonds. The maximum atomic E-state index is 12.0. The molecular formula is C13H15N3O. The van der Waals surface area contributed by atoms with Crippen molar-refractivity contribution in [1.29, 1.82) is 5.26 Å². The first-order valence-electron chi connectivity index (χ1n) is 5.67. The van der Waals surface area contributed by atoms with Crippen LogP contribution in [0.2, 0.25) is 0 Å². The van der Waals surface area contributed by atoms with Crippen LogP contribution in [-0.4, -0.2) is 37.0 Å². The molecule has 4 nitrogen and oxygen atoms in total. The minimum Gasteiger partial charge on any atom is -0.357 e. The summed E-state index contributed by atoms with van der Waals surface area (Å²) in [7, 11) is 1.79. The van der Waals surface area contributed by atoms with Crippen molar-refractivity contribution in [3.05, 3.63) is 30.3 Å². The largest absolute Gasteiger partial charge is 0.357 e. The van der Waals surface area contributed by atoms with Gasteiger partial charge in [0.25, 0.3) is 0 Å². The highest BCUT2D eigenvalue weighted by atomic mass is 16.2. The summed E-state index contributed by atoms with van der Waals surface area (Å²) < 4.78 is 0. The van der Waals surface area contributed by atoms with Crippen molar-refractivity contribution in [2.75, 3.05) is 25.0 Å². The summed E-state index contributed by atoms with van der Waals surface area (Å²) in [6.45, 7) is 1.48. The highest BCUT2D eigenvalue weighted by Gasteiger charge is 2.32. The van der Waals surface area contributed by atoms with E-state index in [0.717, 1.165) is 12.2 Å². The van der Waals surface area contributed by atoms with E-state index >= 15 is 0 Å². The zero-order valence-electron chi connectivity index (χ0n) is 9.84. The standard InChI is InChI=1S/C13H15N3O/c1-15-9-10-16(11-5-3-2-4-6-11)12(7-8-14)13(15)17/h2-6,12H,7,9-10H2,1H3. The lowest BCUT2D eigenvalue weighted by Crippen LogP contribution is -2.55. The Morgan fingerprint density at radius 1 is 1.35 bits per heavy atom. The second-order valence-electron chi connectivity index (χ2n) is 4.17. The molecule has 0 radical (unpaired) electrons. The van der Waals surface area contributed by atoms with Crippen LogP contribution in [0.5, 0.6) is 0 Å². The fourth-order valence-corrected chi connectivity index (χ4v) is 2.12. The Labute approximate surface area is 101 Å². The van der Waals surface area contributed by atoms with Crippen molar-refractivity contribution < 1.29 is 4.79 Å². The normalized spacial score (nSPS) is 20.2. The average molecular weight is 229 g/mol. The van der Waals surface area contributed by atoms with Gasteiger partial charge in [0, 0.05) is 25.8 Å². The van der Waals surface area contributed by atoms with E-state index in [1.807, 2.05) is 35.2 Å². The predicted octanol–water partition coefficient (Wildman–Crippen LogP) is 1.25. The van der Waals surface area contributed by atoms with Gasteiger partial charge in [0.2, 0.25) is 5.91 Å². The highest BCUT2D eigenvalue weighted by Crippen LogP contribution is 2.22. The molecule has 4 heteroatoms. The summed E-state index contributed by atoms with van der Waals surface area (Å²) in [5, 5.41) is 8.84. The topological polar surface area (TPSA) is 47.3 Å². The van der Waals surface area contributed by atoms with Gasteiger partial charge in [-0.05, 0) is 12.1 Å². The van der Waals surface area contributed by atoms with Gasteiger partial charge >= 0.3 is 0 Å². The average Bonchev–Trinajstić information content (AvgIpc) is 2.36. The molecular weight excluding hydrogens is 214 g/mol. The number of carbonyl (C=O) groups is 1. The molecule has 0 aromatic heterocycles. The molecule has 1 aromatic carbocycles. The number of rotatable bonds is 2. The Morgan fingerprint density at radius 2 is 2.06 bits per heavy atom. The molecule has 2 rings (SSSR count). The summed E-state index contributed by atoms with van der Waals surface area (Å²) in [5.41, 5.74) is 1.01. The van der Waals surface area contributed by atoms with Crippen LogP contribution in [-0.2, 0) is 4.79 Å². The zero-order chi connectivity index (χ0) is 12.3. The van der Waals surface area contributed by atoms with Crippen molar-refractivity contribution >= 4 is 11.6 Å². The van der Waals surface area contributed by atoms with Gasteiger partial charge in [-0.1, -0.05) is 18.2 Å².